The van der Waals surface area contributed by atoms with Gasteiger partial charge in [0.25, 0.3) is 0 Å². The Morgan fingerprint density at radius 1 is 1.07 bits per heavy atom. The molecule has 0 radical (unpaired) electrons. The summed E-state index contributed by atoms with van der Waals surface area (Å²) in [6, 6.07) is 14.4. The largest absolute Gasteiger partial charge is 0.507 e. The molecule has 1 saturated heterocycles. The molecule has 0 amide bonds. The summed E-state index contributed by atoms with van der Waals surface area (Å²) in [4.78, 5) is 6.11. The average molecular weight is 422 g/mol. The molecule has 0 bridgehead atoms. The molecule has 3 N–H and O–H groups in total. The van der Waals surface area contributed by atoms with Crippen LogP contribution in [-0.4, -0.2) is 27.2 Å². The van der Waals surface area contributed by atoms with E-state index in [0.717, 1.165) is 41.0 Å². The van der Waals surface area contributed by atoms with E-state index in [9.17, 15) is 5.11 Å². The van der Waals surface area contributed by atoms with Gasteiger partial charge in [-0.2, -0.15) is 0 Å². The van der Waals surface area contributed by atoms with Crippen LogP contribution in [0.1, 0.15) is 46.1 Å². The van der Waals surface area contributed by atoms with E-state index in [1.54, 1.807) is 17.4 Å². The quantitative estimate of drug-likeness (QED) is 0.468. The summed E-state index contributed by atoms with van der Waals surface area (Å²) in [5, 5.41) is 20.0. The zero-order valence-electron chi connectivity index (χ0n) is 18.4. The highest BCUT2D eigenvalue weighted by atomic mass is 32.1. The third-order valence-electron chi connectivity index (χ3n) is 5.60. The maximum Gasteiger partial charge on any atom is 0.127 e. The first-order chi connectivity index (χ1) is 14.1. The Bertz CT molecular complexity index is 1020. The number of phenolic OH excluding ortho intramolecular Hbond substituents is 1. The first-order valence-electron chi connectivity index (χ1n) is 10.5. The summed E-state index contributed by atoms with van der Waals surface area (Å²) in [5.74, 6) is 1.11. The van der Waals surface area contributed by atoms with Crippen LogP contribution >= 0.6 is 11.3 Å². The predicted octanol–water partition coefficient (Wildman–Crippen LogP) is 6.21. The van der Waals surface area contributed by atoms with Crippen LogP contribution in [-0.2, 0) is 0 Å². The first-order valence-corrected chi connectivity index (χ1v) is 11.4. The zero-order valence-corrected chi connectivity index (χ0v) is 19.2. The number of pyridine rings is 1. The smallest absolute Gasteiger partial charge is 0.127 e. The van der Waals surface area contributed by atoms with E-state index in [4.69, 9.17) is 4.98 Å². The van der Waals surface area contributed by atoms with Crippen molar-refractivity contribution >= 4 is 17.2 Å². The lowest BCUT2D eigenvalue weighted by Gasteiger charge is -2.46. The van der Waals surface area contributed by atoms with Gasteiger partial charge in [0.05, 0.1) is 5.69 Å². The van der Waals surface area contributed by atoms with Crippen molar-refractivity contribution in [2.45, 2.75) is 64.6 Å². The van der Waals surface area contributed by atoms with E-state index in [1.807, 2.05) is 19.1 Å². The molecule has 3 heterocycles. The van der Waals surface area contributed by atoms with Crippen LogP contribution in [0.5, 0.6) is 5.75 Å². The van der Waals surface area contributed by atoms with Crippen molar-refractivity contribution in [1.29, 1.82) is 0 Å². The Hall–Kier alpha value is -2.37. The molecular formula is C25H31N3OS. The zero-order chi connectivity index (χ0) is 21.5. The van der Waals surface area contributed by atoms with Gasteiger partial charge >= 0.3 is 0 Å². The van der Waals surface area contributed by atoms with Gasteiger partial charge in [-0.1, -0.05) is 17.7 Å². The summed E-state index contributed by atoms with van der Waals surface area (Å²) in [5.41, 5.74) is 3.89. The number of nitrogens with zero attached hydrogens (tertiary/aromatic N) is 1. The Labute approximate surface area is 183 Å². The Kier molecular flexibility index (Phi) is 5.37. The molecule has 5 heteroatoms. The first kappa shape index (κ1) is 20.9. The number of aromatic hydroxyl groups is 1. The van der Waals surface area contributed by atoms with E-state index in [1.165, 1.54) is 4.88 Å². The monoisotopic (exact) mass is 421 g/mol. The lowest BCUT2D eigenvalue weighted by molar-refractivity contribution is 0.170. The number of aryl methyl sites for hydroxylation is 1. The summed E-state index contributed by atoms with van der Waals surface area (Å²) in [7, 11) is 0. The minimum atomic E-state index is 0.0580. The second-order valence-corrected chi connectivity index (χ2v) is 10.7. The minimum Gasteiger partial charge on any atom is -0.507 e. The van der Waals surface area contributed by atoms with Crippen LogP contribution in [0.3, 0.4) is 0 Å². The molecule has 2 aromatic heterocycles. The van der Waals surface area contributed by atoms with Crippen molar-refractivity contribution in [3.05, 3.63) is 53.4 Å². The van der Waals surface area contributed by atoms with E-state index >= 15 is 0 Å². The molecule has 3 aromatic rings. The summed E-state index contributed by atoms with van der Waals surface area (Å²) >= 11 is 1.71. The normalized spacial score (nSPS) is 18.3. The highest BCUT2D eigenvalue weighted by Crippen LogP contribution is 2.36. The van der Waals surface area contributed by atoms with Crippen molar-refractivity contribution < 1.29 is 5.11 Å². The number of aromatic nitrogens is 1. The highest BCUT2D eigenvalue weighted by Gasteiger charge is 2.37. The van der Waals surface area contributed by atoms with Gasteiger partial charge in [-0.05, 0) is 88.7 Å². The van der Waals surface area contributed by atoms with E-state index in [-0.39, 0.29) is 16.8 Å². The van der Waals surface area contributed by atoms with Crippen molar-refractivity contribution in [3.63, 3.8) is 0 Å². The fraction of sp³-hybridized carbons (Fsp3) is 0.400. The van der Waals surface area contributed by atoms with Gasteiger partial charge in [0, 0.05) is 27.6 Å². The van der Waals surface area contributed by atoms with Gasteiger partial charge in [0.2, 0.25) is 0 Å². The Morgan fingerprint density at radius 3 is 2.47 bits per heavy atom. The van der Waals surface area contributed by atoms with E-state index in [2.05, 4.69) is 68.0 Å². The van der Waals surface area contributed by atoms with Gasteiger partial charge < -0.3 is 15.7 Å². The maximum atomic E-state index is 10.5. The standard InChI is InChI=1S/C25H31N3OS/c1-16-8-9-21(29)19(11-16)20-12-17(22-7-6-10-30-22)13-23(27-20)26-18-14-24(2,3)28-25(4,5)15-18/h6-13,18,28-29H,14-15H2,1-5H3,(H,26,27). The third-order valence-corrected chi connectivity index (χ3v) is 6.52. The van der Waals surface area contributed by atoms with Crippen LogP contribution in [0.2, 0.25) is 0 Å². The van der Waals surface area contributed by atoms with Crippen LogP contribution in [0, 0.1) is 6.92 Å². The molecule has 0 spiro atoms. The predicted molar refractivity (Wildman–Crippen MR) is 127 cm³/mol. The number of benzene rings is 1. The van der Waals surface area contributed by atoms with Crippen molar-refractivity contribution in [1.82, 2.24) is 10.3 Å². The molecule has 30 heavy (non-hydrogen) atoms. The number of nitrogens with one attached hydrogen (secondary N) is 2. The van der Waals surface area contributed by atoms with Crippen LogP contribution in [0.15, 0.2) is 47.8 Å². The summed E-state index contributed by atoms with van der Waals surface area (Å²) < 4.78 is 0. The molecule has 0 saturated carbocycles. The highest BCUT2D eigenvalue weighted by molar-refractivity contribution is 7.13. The topological polar surface area (TPSA) is 57.2 Å². The number of hydrogen-bond donors (Lipinski definition) is 3. The fourth-order valence-electron chi connectivity index (χ4n) is 4.82. The van der Waals surface area contributed by atoms with Gasteiger partial charge in [0.15, 0.2) is 0 Å². The number of thiophene rings is 1. The lowest BCUT2D eigenvalue weighted by Crippen LogP contribution is -2.60. The minimum absolute atomic E-state index is 0.0580. The molecule has 0 atom stereocenters. The number of phenols is 1. The van der Waals surface area contributed by atoms with Crippen LogP contribution < -0.4 is 10.6 Å². The molecule has 4 nitrogen and oxygen atoms in total. The number of rotatable bonds is 4. The molecule has 158 valence electrons. The van der Waals surface area contributed by atoms with Crippen LogP contribution in [0.25, 0.3) is 21.7 Å². The molecule has 1 aliphatic heterocycles. The Morgan fingerprint density at radius 2 is 1.80 bits per heavy atom. The third kappa shape index (κ3) is 4.68. The van der Waals surface area contributed by atoms with Gasteiger partial charge in [0.1, 0.15) is 11.6 Å². The van der Waals surface area contributed by atoms with Crippen LogP contribution in [0.4, 0.5) is 5.82 Å². The van der Waals surface area contributed by atoms with Gasteiger partial charge in [-0.25, -0.2) is 4.98 Å². The SMILES string of the molecule is Cc1ccc(O)c(-c2cc(-c3cccs3)cc(NC3CC(C)(C)NC(C)(C)C3)n2)c1. The molecule has 0 unspecified atom stereocenters. The Balaban J connectivity index is 1.74. The summed E-state index contributed by atoms with van der Waals surface area (Å²) in [6.07, 6.45) is 2.04. The molecular weight excluding hydrogens is 390 g/mol. The molecule has 1 aliphatic rings. The van der Waals surface area contributed by atoms with Gasteiger partial charge in [-0.15, -0.1) is 11.3 Å². The maximum absolute atomic E-state index is 10.5. The number of anilines is 1. The molecule has 4 rings (SSSR count). The fourth-order valence-corrected chi connectivity index (χ4v) is 5.53. The average Bonchev–Trinajstić information content (AvgIpc) is 3.15. The van der Waals surface area contributed by atoms with Crippen molar-refractivity contribution in [2.24, 2.45) is 0 Å². The van der Waals surface area contributed by atoms with E-state index in [0.29, 0.717) is 6.04 Å². The molecule has 1 fully saturated rings. The van der Waals surface area contributed by atoms with Crippen molar-refractivity contribution in [3.8, 4) is 27.4 Å². The lowest BCUT2D eigenvalue weighted by atomic mass is 9.79. The second-order valence-electron chi connectivity index (χ2n) is 9.77. The van der Waals surface area contributed by atoms with Crippen molar-refractivity contribution in [2.75, 3.05) is 5.32 Å². The molecule has 1 aromatic carbocycles. The van der Waals surface area contributed by atoms with Gasteiger partial charge in [-0.3, -0.25) is 0 Å². The second kappa shape index (κ2) is 7.71. The molecule has 0 aliphatic carbocycles. The number of hydrogen-bond acceptors (Lipinski definition) is 5. The summed E-state index contributed by atoms with van der Waals surface area (Å²) in [6.45, 7) is 11.1. The number of piperidine rings is 1. The van der Waals surface area contributed by atoms with E-state index < -0.39 is 0 Å².